The van der Waals surface area contributed by atoms with E-state index in [1.54, 1.807) is 0 Å². The van der Waals surface area contributed by atoms with Crippen molar-refractivity contribution in [3.8, 4) is 0 Å². The number of nitrogens with zero attached hydrogens (tertiary/aromatic N) is 1. The predicted octanol–water partition coefficient (Wildman–Crippen LogP) is 2.97. The van der Waals surface area contributed by atoms with Crippen LogP contribution in [0.4, 0.5) is 0 Å². The number of benzene rings is 1. The molecule has 0 saturated heterocycles. The Morgan fingerprint density at radius 3 is 2.33 bits per heavy atom. The average molecular weight is 243 g/mol. The molecule has 0 fully saturated rings. The van der Waals surface area contributed by atoms with Crippen LogP contribution in [-0.4, -0.2) is 9.97 Å². The molecule has 96 valence electrons. The van der Waals surface area contributed by atoms with Gasteiger partial charge in [-0.3, -0.25) is 0 Å². The number of imidazole rings is 1. The van der Waals surface area contributed by atoms with Crippen molar-refractivity contribution < 1.29 is 0 Å². The first-order chi connectivity index (χ1) is 8.76. The van der Waals surface area contributed by atoms with E-state index in [0.29, 0.717) is 6.54 Å². The molecule has 0 aliphatic carbocycles. The summed E-state index contributed by atoms with van der Waals surface area (Å²) in [5.74, 6) is 1.03. The van der Waals surface area contributed by atoms with Crippen molar-refractivity contribution in [1.82, 2.24) is 9.97 Å². The molecule has 1 heterocycles. The zero-order valence-electron chi connectivity index (χ0n) is 11.1. The third kappa shape index (κ3) is 2.06. The SMILES string of the molecule is CCC(CC)(c1ccccc1)c1ncc(CN)[nH]1. The first-order valence-electron chi connectivity index (χ1n) is 6.56. The molecule has 0 spiro atoms. The molecule has 0 radical (unpaired) electrons. The van der Waals surface area contributed by atoms with Gasteiger partial charge in [-0.15, -0.1) is 0 Å². The molecule has 2 aromatic rings. The molecule has 0 unspecified atom stereocenters. The van der Waals surface area contributed by atoms with Crippen LogP contribution < -0.4 is 5.73 Å². The van der Waals surface area contributed by atoms with Crippen molar-refractivity contribution in [1.29, 1.82) is 0 Å². The molecule has 3 heteroatoms. The highest BCUT2D eigenvalue weighted by atomic mass is 14.9. The van der Waals surface area contributed by atoms with E-state index in [0.717, 1.165) is 24.4 Å². The Morgan fingerprint density at radius 1 is 1.17 bits per heavy atom. The van der Waals surface area contributed by atoms with Crippen molar-refractivity contribution in [3.63, 3.8) is 0 Å². The van der Waals surface area contributed by atoms with Gasteiger partial charge in [-0.2, -0.15) is 0 Å². The van der Waals surface area contributed by atoms with E-state index in [1.165, 1.54) is 5.56 Å². The Kier molecular flexibility index (Phi) is 3.82. The maximum atomic E-state index is 5.66. The summed E-state index contributed by atoms with van der Waals surface area (Å²) in [6, 6.07) is 10.6. The normalized spacial score (nSPS) is 11.7. The monoisotopic (exact) mass is 243 g/mol. The molecular formula is C15H21N3. The van der Waals surface area contributed by atoms with E-state index in [9.17, 15) is 0 Å². The molecule has 3 nitrogen and oxygen atoms in total. The van der Waals surface area contributed by atoms with E-state index >= 15 is 0 Å². The zero-order valence-corrected chi connectivity index (χ0v) is 11.1. The van der Waals surface area contributed by atoms with Crippen molar-refractivity contribution in [2.75, 3.05) is 0 Å². The number of hydrogen-bond donors (Lipinski definition) is 2. The first-order valence-corrected chi connectivity index (χ1v) is 6.56. The summed E-state index contributed by atoms with van der Waals surface area (Å²) in [5.41, 5.74) is 7.93. The van der Waals surface area contributed by atoms with Gasteiger partial charge in [-0.05, 0) is 18.4 Å². The highest BCUT2D eigenvalue weighted by Gasteiger charge is 2.33. The molecule has 18 heavy (non-hydrogen) atoms. The standard InChI is InChI=1S/C15H21N3/c1-3-15(4-2,12-8-6-5-7-9-12)14-17-11-13(10-16)18-14/h5-9,11H,3-4,10,16H2,1-2H3,(H,17,18). The van der Waals surface area contributed by atoms with Gasteiger partial charge in [-0.25, -0.2) is 4.98 Å². The lowest BCUT2D eigenvalue weighted by Crippen LogP contribution is -2.27. The van der Waals surface area contributed by atoms with Gasteiger partial charge in [-0.1, -0.05) is 44.2 Å². The second kappa shape index (κ2) is 5.36. The number of aromatic nitrogens is 2. The average Bonchev–Trinajstić information content (AvgIpc) is 2.91. The van der Waals surface area contributed by atoms with Crippen molar-refractivity contribution in [3.05, 3.63) is 53.6 Å². The van der Waals surface area contributed by atoms with Crippen LogP contribution in [0.3, 0.4) is 0 Å². The van der Waals surface area contributed by atoms with Gasteiger partial charge < -0.3 is 10.7 Å². The summed E-state index contributed by atoms with van der Waals surface area (Å²) in [5, 5.41) is 0. The Hall–Kier alpha value is -1.61. The maximum Gasteiger partial charge on any atom is 0.116 e. The fraction of sp³-hybridized carbons (Fsp3) is 0.400. The number of aromatic amines is 1. The van der Waals surface area contributed by atoms with E-state index in [2.05, 4.69) is 48.1 Å². The van der Waals surface area contributed by atoms with Gasteiger partial charge in [0, 0.05) is 18.4 Å². The topological polar surface area (TPSA) is 54.7 Å². The fourth-order valence-corrected chi connectivity index (χ4v) is 2.59. The number of hydrogen-bond acceptors (Lipinski definition) is 2. The zero-order chi connectivity index (χ0) is 13.0. The lowest BCUT2D eigenvalue weighted by molar-refractivity contribution is 0.452. The lowest BCUT2D eigenvalue weighted by Gasteiger charge is -2.30. The van der Waals surface area contributed by atoms with Crippen molar-refractivity contribution in [2.45, 2.75) is 38.6 Å². The second-order valence-electron chi connectivity index (χ2n) is 4.62. The van der Waals surface area contributed by atoms with Crippen LogP contribution in [0.15, 0.2) is 36.5 Å². The molecular weight excluding hydrogens is 222 g/mol. The summed E-state index contributed by atoms with van der Waals surface area (Å²) in [4.78, 5) is 7.91. The molecule has 0 aliphatic heterocycles. The number of nitrogens with one attached hydrogen (secondary N) is 1. The smallest absolute Gasteiger partial charge is 0.116 e. The summed E-state index contributed by atoms with van der Waals surface area (Å²) < 4.78 is 0. The van der Waals surface area contributed by atoms with E-state index in [-0.39, 0.29) is 5.41 Å². The van der Waals surface area contributed by atoms with E-state index in [4.69, 9.17) is 5.73 Å². The largest absolute Gasteiger partial charge is 0.344 e. The highest BCUT2D eigenvalue weighted by molar-refractivity contribution is 5.33. The highest BCUT2D eigenvalue weighted by Crippen LogP contribution is 2.36. The summed E-state index contributed by atoms with van der Waals surface area (Å²) in [7, 11) is 0. The molecule has 2 rings (SSSR count). The van der Waals surface area contributed by atoms with Crippen LogP contribution >= 0.6 is 0 Å². The van der Waals surface area contributed by atoms with Gasteiger partial charge in [0.25, 0.3) is 0 Å². The summed E-state index contributed by atoms with van der Waals surface area (Å²) >= 11 is 0. The Bertz CT molecular complexity index is 483. The number of nitrogens with two attached hydrogens (primary N) is 1. The molecule has 1 aromatic carbocycles. The first kappa shape index (κ1) is 12.8. The van der Waals surface area contributed by atoms with Gasteiger partial charge in [0.15, 0.2) is 0 Å². The molecule has 0 bridgehead atoms. The minimum absolute atomic E-state index is 0.0331. The minimum atomic E-state index is -0.0331. The van der Waals surface area contributed by atoms with Gasteiger partial charge in [0.05, 0.1) is 5.41 Å². The van der Waals surface area contributed by atoms with Crippen molar-refractivity contribution in [2.24, 2.45) is 5.73 Å². The number of H-pyrrole nitrogens is 1. The van der Waals surface area contributed by atoms with Gasteiger partial charge >= 0.3 is 0 Å². The maximum absolute atomic E-state index is 5.66. The third-order valence-electron chi connectivity index (χ3n) is 3.84. The van der Waals surface area contributed by atoms with E-state index < -0.39 is 0 Å². The van der Waals surface area contributed by atoms with Crippen LogP contribution in [0, 0.1) is 0 Å². The molecule has 3 N–H and O–H groups in total. The lowest BCUT2D eigenvalue weighted by atomic mass is 9.75. The van der Waals surface area contributed by atoms with Crippen LogP contribution in [0.25, 0.3) is 0 Å². The summed E-state index contributed by atoms with van der Waals surface area (Å²) in [6.07, 6.45) is 3.88. The Morgan fingerprint density at radius 2 is 1.83 bits per heavy atom. The fourth-order valence-electron chi connectivity index (χ4n) is 2.59. The Labute approximate surface area is 108 Å². The molecule has 0 aliphatic rings. The van der Waals surface area contributed by atoms with Crippen LogP contribution in [0.5, 0.6) is 0 Å². The molecule has 0 amide bonds. The van der Waals surface area contributed by atoms with Crippen LogP contribution in [-0.2, 0) is 12.0 Å². The number of rotatable bonds is 5. The second-order valence-corrected chi connectivity index (χ2v) is 4.62. The van der Waals surface area contributed by atoms with Crippen LogP contribution in [0.2, 0.25) is 0 Å². The predicted molar refractivity (Wildman–Crippen MR) is 74.3 cm³/mol. The molecule has 0 atom stereocenters. The van der Waals surface area contributed by atoms with Crippen LogP contribution in [0.1, 0.15) is 43.8 Å². The van der Waals surface area contributed by atoms with Gasteiger partial charge in [0.2, 0.25) is 0 Å². The third-order valence-corrected chi connectivity index (χ3v) is 3.84. The quantitative estimate of drug-likeness (QED) is 0.848. The minimum Gasteiger partial charge on any atom is -0.344 e. The Balaban J connectivity index is 2.50. The molecule has 0 saturated carbocycles. The van der Waals surface area contributed by atoms with Gasteiger partial charge in [0.1, 0.15) is 5.82 Å². The van der Waals surface area contributed by atoms with Crippen molar-refractivity contribution >= 4 is 0 Å². The summed E-state index contributed by atoms with van der Waals surface area (Å²) in [6.45, 7) is 4.92. The van der Waals surface area contributed by atoms with E-state index in [1.807, 2.05) is 12.3 Å². The molecule has 1 aromatic heterocycles.